The van der Waals surface area contributed by atoms with Gasteiger partial charge in [-0.25, -0.2) is 0 Å². The number of aryl methyl sites for hydroxylation is 1. The third-order valence-electron chi connectivity index (χ3n) is 4.14. The number of ether oxygens (including phenoxy) is 2. The fraction of sp³-hybridized carbons (Fsp3) is 0.300. The molecular weight excluding hydrogens is 426 g/mol. The van der Waals surface area contributed by atoms with Gasteiger partial charge in [-0.3, -0.25) is 9.48 Å². The first-order chi connectivity index (χ1) is 13.5. The maximum absolute atomic E-state index is 12.6. The van der Waals surface area contributed by atoms with Crippen LogP contribution in [0.3, 0.4) is 0 Å². The van der Waals surface area contributed by atoms with Gasteiger partial charge < -0.3 is 18.8 Å². The van der Waals surface area contributed by atoms with Gasteiger partial charge in [0.1, 0.15) is 23.9 Å². The van der Waals surface area contributed by atoms with Gasteiger partial charge in [-0.1, -0.05) is 6.07 Å². The molecule has 3 aromatic rings. The number of amides is 1. The second-order valence-corrected chi connectivity index (χ2v) is 7.03. The second kappa shape index (κ2) is 8.97. The molecule has 0 N–H and O–H groups in total. The molecule has 0 unspecified atom stereocenters. The summed E-state index contributed by atoms with van der Waals surface area (Å²) < 4.78 is 19.2. The molecule has 0 aliphatic carbocycles. The summed E-state index contributed by atoms with van der Waals surface area (Å²) >= 11 is 3.48. The predicted octanol–water partition coefficient (Wildman–Crippen LogP) is 4.12. The van der Waals surface area contributed by atoms with Gasteiger partial charge in [-0.15, -0.1) is 0 Å². The minimum Gasteiger partial charge on any atom is -0.497 e. The Labute approximate surface area is 172 Å². The van der Waals surface area contributed by atoms with Crippen molar-refractivity contribution in [2.45, 2.75) is 26.6 Å². The van der Waals surface area contributed by atoms with E-state index >= 15 is 0 Å². The molecule has 0 atom stereocenters. The lowest BCUT2D eigenvalue weighted by Gasteiger charge is -2.14. The normalized spacial score (nSPS) is 10.7. The van der Waals surface area contributed by atoms with Crippen LogP contribution in [0, 0.1) is 0 Å². The summed E-state index contributed by atoms with van der Waals surface area (Å²) in [7, 11) is 3.32. The second-order valence-electron chi connectivity index (χ2n) is 6.17. The van der Waals surface area contributed by atoms with Gasteiger partial charge in [0.2, 0.25) is 0 Å². The molecule has 148 valence electrons. The van der Waals surface area contributed by atoms with Crippen LogP contribution in [-0.2, 0) is 19.7 Å². The third kappa shape index (κ3) is 4.75. The highest BCUT2D eigenvalue weighted by molar-refractivity contribution is 9.10. The third-order valence-corrected chi connectivity index (χ3v) is 4.80. The van der Waals surface area contributed by atoms with Gasteiger partial charge in [0.15, 0.2) is 5.76 Å². The Morgan fingerprint density at radius 2 is 2.07 bits per heavy atom. The molecule has 1 aromatic carbocycles. The standard InChI is InChI=1S/C20H22BrN3O4/c1-4-24-11-17(21)18(22-24)12-23(2)20(25)19-9-8-16(28-19)13-27-15-7-5-6-14(10-15)26-3/h5-11H,4,12-13H2,1-3H3. The van der Waals surface area contributed by atoms with Gasteiger partial charge in [0.05, 0.1) is 23.8 Å². The number of rotatable bonds is 8. The highest BCUT2D eigenvalue weighted by Gasteiger charge is 2.19. The molecule has 0 bridgehead atoms. The zero-order valence-electron chi connectivity index (χ0n) is 16.0. The monoisotopic (exact) mass is 447 g/mol. The van der Waals surface area contributed by atoms with E-state index in [1.54, 1.807) is 37.3 Å². The van der Waals surface area contributed by atoms with E-state index in [1.165, 1.54) is 0 Å². The lowest BCUT2D eigenvalue weighted by atomic mass is 10.3. The number of aromatic nitrogens is 2. The van der Waals surface area contributed by atoms with Gasteiger partial charge >= 0.3 is 0 Å². The van der Waals surface area contributed by atoms with Crippen molar-refractivity contribution in [1.82, 2.24) is 14.7 Å². The summed E-state index contributed by atoms with van der Waals surface area (Å²) in [6.45, 7) is 3.38. The predicted molar refractivity (Wildman–Crippen MR) is 107 cm³/mol. The first-order valence-corrected chi connectivity index (χ1v) is 9.62. The fourth-order valence-electron chi connectivity index (χ4n) is 2.61. The molecule has 1 amide bonds. The maximum Gasteiger partial charge on any atom is 0.289 e. The average Bonchev–Trinajstić information content (AvgIpc) is 3.32. The molecule has 0 saturated heterocycles. The smallest absolute Gasteiger partial charge is 0.289 e. The van der Waals surface area contributed by atoms with Crippen molar-refractivity contribution in [3.63, 3.8) is 0 Å². The molecule has 0 saturated carbocycles. The lowest BCUT2D eigenvalue weighted by molar-refractivity contribution is 0.0747. The molecule has 0 aliphatic heterocycles. The van der Waals surface area contributed by atoms with Gasteiger partial charge in [0.25, 0.3) is 5.91 Å². The van der Waals surface area contributed by atoms with Crippen molar-refractivity contribution in [3.8, 4) is 11.5 Å². The summed E-state index contributed by atoms with van der Waals surface area (Å²) in [6, 6.07) is 10.7. The van der Waals surface area contributed by atoms with Crippen LogP contribution in [0.5, 0.6) is 11.5 Å². The van der Waals surface area contributed by atoms with Gasteiger partial charge in [0, 0.05) is 25.9 Å². The minimum atomic E-state index is -0.217. The van der Waals surface area contributed by atoms with Crippen molar-refractivity contribution < 1.29 is 18.7 Å². The first-order valence-electron chi connectivity index (χ1n) is 8.83. The summed E-state index contributed by atoms with van der Waals surface area (Å²) in [5, 5.41) is 4.44. The van der Waals surface area contributed by atoms with Crippen molar-refractivity contribution in [2.24, 2.45) is 0 Å². The highest BCUT2D eigenvalue weighted by atomic mass is 79.9. The topological polar surface area (TPSA) is 69.7 Å². The van der Waals surface area contributed by atoms with Gasteiger partial charge in [-0.2, -0.15) is 5.10 Å². The maximum atomic E-state index is 12.6. The van der Waals surface area contributed by atoms with Crippen LogP contribution < -0.4 is 9.47 Å². The number of methoxy groups -OCH3 is 1. The average molecular weight is 448 g/mol. The Balaban J connectivity index is 1.60. The molecule has 7 nitrogen and oxygen atoms in total. The SMILES string of the molecule is CCn1cc(Br)c(CN(C)C(=O)c2ccc(COc3cccc(OC)c3)o2)n1. The molecule has 0 radical (unpaired) electrons. The Bertz CT molecular complexity index is 951. The highest BCUT2D eigenvalue weighted by Crippen LogP contribution is 2.21. The molecule has 8 heteroatoms. The van der Waals surface area contributed by atoms with Gasteiger partial charge in [-0.05, 0) is 47.1 Å². The number of carbonyl (C=O) groups excluding carboxylic acids is 1. The molecule has 0 fully saturated rings. The number of halogens is 1. The van der Waals surface area contributed by atoms with Crippen LogP contribution >= 0.6 is 15.9 Å². The van der Waals surface area contributed by atoms with E-state index in [0.29, 0.717) is 23.8 Å². The van der Waals surface area contributed by atoms with E-state index in [0.717, 1.165) is 16.7 Å². The number of benzene rings is 1. The van der Waals surface area contributed by atoms with Crippen molar-refractivity contribution in [3.05, 3.63) is 64.3 Å². The lowest BCUT2D eigenvalue weighted by Crippen LogP contribution is -2.26. The van der Waals surface area contributed by atoms with Crippen LogP contribution in [0.25, 0.3) is 0 Å². The Morgan fingerprint density at radius 3 is 2.79 bits per heavy atom. The van der Waals surface area contributed by atoms with E-state index in [1.807, 2.05) is 36.0 Å². The molecule has 2 aromatic heterocycles. The van der Waals surface area contributed by atoms with E-state index in [4.69, 9.17) is 13.9 Å². The zero-order valence-corrected chi connectivity index (χ0v) is 17.6. The van der Waals surface area contributed by atoms with E-state index in [-0.39, 0.29) is 18.3 Å². The Morgan fingerprint density at radius 1 is 1.29 bits per heavy atom. The van der Waals surface area contributed by atoms with Crippen LogP contribution in [0.4, 0.5) is 0 Å². The number of nitrogens with zero attached hydrogens (tertiary/aromatic N) is 3. The molecular formula is C20H22BrN3O4. The minimum absolute atomic E-state index is 0.217. The molecule has 0 spiro atoms. The summed E-state index contributed by atoms with van der Waals surface area (Å²) in [5.74, 6) is 1.99. The fourth-order valence-corrected chi connectivity index (χ4v) is 3.05. The van der Waals surface area contributed by atoms with Crippen LogP contribution in [-0.4, -0.2) is 34.7 Å². The van der Waals surface area contributed by atoms with Crippen LogP contribution in [0.15, 0.2) is 51.5 Å². The summed E-state index contributed by atoms with van der Waals surface area (Å²) in [4.78, 5) is 14.2. The van der Waals surface area contributed by atoms with Crippen LogP contribution in [0.2, 0.25) is 0 Å². The summed E-state index contributed by atoms with van der Waals surface area (Å²) in [5.41, 5.74) is 0.797. The van der Waals surface area contributed by atoms with E-state index in [2.05, 4.69) is 21.0 Å². The van der Waals surface area contributed by atoms with Crippen molar-refractivity contribution in [2.75, 3.05) is 14.2 Å². The number of furan rings is 1. The molecule has 2 heterocycles. The van der Waals surface area contributed by atoms with E-state index < -0.39 is 0 Å². The zero-order chi connectivity index (χ0) is 20.1. The van der Waals surface area contributed by atoms with Crippen LogP contribution in [0.1, 0.15) is 28.9 Å². The number of hydrogen-bond donors (Lipinski definition) is 0. The summed E-state index contributed by atoms with van der Waals surface area (Å²) in [6.07, 6.45) is 1.90. The van der Waals surface area contributed by atoms with Crippen molar-refractivity contribution >= 4 is 21.8 Å². The molecule has 28 heavy (non-hydrogen) atoms. The van der Waals surface area contributed by atoms with E-state index in [9.17, 15) is 4.79 Å². The largest absolute Gasteiger partial charge is 0.497 e. The molecule has 0 aliphatic rings. The number of hydrogen-bond acceptors (Lipinski definition) is 5. The quantitative estimate of drug-likeness (QED) is 0.519. The number of carbonyl (C=O) groups is 1. The Hall–Kier alpha value is -2.74. The first kappa shape index (κ1) is 20.0. The van der Waals surface area contributed by atoms with Crippen molar-refractivity contribution in [1.29, 1.82) is 0 Å². The molecule has 3 rings (SSSR count). The Kier molecular flexibility index (Phi) is 6.41.